The Kier molecular flexibility index (Phi) is 7.31. The Balaban J connectivity index is 1.13. The van der Waals surface area contributed by atoms with Crippen LogP contribution >= 0.6 is 22.9 Å². The van der Waals surface area contributed by atoms with E-state index in [4.69, 9.17) is 16.6 Å². The van der Waals surface area contributed by atoms with Crippen molar-refractivity contribution in [3.63, 3.8) is 0 Å². The van der Waals surface area contributed by atoms with Crippen molar-refractivity contribution in [3.8, 4) is 11.3 Å². The summed E-state index contributed by atoms with van der Waals surface area (Å²) in [6, 6.07) is 15.1. The molecule has 1 unspecified atom stereocenters. The Bertz CT molecular complexity index is 1280. The van der Waals surface area contributed by atoms with E-state index in [0.29, 0.717) is 25.7 Å². The van der Waals surface area contributed by atoms with Crippen LogP contribution < -0.4 is 9.80 Å². The number of halogens is 1. The highest BCUT2D eigenvalue weighted by Gasteiger charge is 2.31. The number of β-amino-alcohol motifs (C(OH)–C–C–N with tert-alkyl or cyclic N) is 1. The molecule has 0 bridgehead atoms. The van der Waals surface area contributed by atoms with E-state index < -0.39 is 0 Å². The minimum atomic E-state index is -0.344. The molecular formula is C29H34ClN5O2S. The largest absolute Gasteiger partial charge is 0.389 e. The standard InChI is InChI=1S/C29H34ClN5O2S/c1-32(29-31-26(19-38-29)21-5-8-22(30)9-6-21)27-4-2-3-20-7-10-23(15-25(20)27)34-13-11-33(12-14-34)18-28(37)35-16-24(36)17-35/h5-10,15,19,24,27,36H,2-4,11-14,16-18H2,1H3. The maximum atomic E-state index is 12.4. The number of benzene rings is 2. The molecule has 1 aromatic heterocycles. The lowest BCUT2D eigenvalue weighted by Crippen LogP contribution is -2.57. The fourth-order valence-corrected chi connectivity index (χ4v) is 6.76. The van der Waals surface area contributed by atoms with E-state index in [2.05, 4.69) is 45.3 Å². The maximum absolute atomic E-state index is 12.4. The van der Waals surface area contributed by atoms with E-state index >= 15 is 0 Å². The van der Waals surface area contributed by atoms with E-state index in [1.165, 1.54) is 23.2 Å². The monoisotopic (exact) mass is 551 g/mol. The summed E-state index contributed by atoms with van der Waals surface area (Å²) >= 11 is 7.76. The average Bonchev–Trinajstić information content (AvgIpc) is 3.41. The minimum absolute atomic E-state index is 0.129. The molecule has 200 valence electrons. The summed E-state index contributed by atoms with van der Waals surface area (Å²) < 4.78 is 0. The number of amides is 1. The lowest BCUT2D eigenvalue weighted by atomic mass is 9.86. The van der Waals surface area contributed by atoms with Crippen LogP contribution in [-0.4, -0.2) is 84.8 Å². The number of carbonyl (C=O) groups excluding carboxylic acids is 1. The molecule has 2 aromatic carbocycles. The summed E-state index contributed by atoms with van der Waals surface area (Å²) in [7, 11) is 2.17. The fraction of sp³-hybridized carbons (Fsp3) is 0.448. The summed E-state index contributed by atoms with van der Waals surface area (Å²) in [4.78, 5) is 26.2. The second kappa shape index (κ2) is 10.8. The molecule has 9 heteroatoms. The number of aliphatic hydroxyl groups excluding tert-OH is 1. The van der Waals surface area contributed by atoms with Gasteiger partial charge in [0.25, 0.3) is 0 Å². The van der Waals surface area contributed by atoms with Crippen LogP contribution in [0.2, 0.25) is 5.02 Å². The van der Waals surface area contributed by atoms with Crippen LogP contribution in [0.15, 0.2) is 47.8 Å². The van der Waals surface area contributed by atoms with E-state index in [-0.39, 0.29) is 12.0 Å². The molecule has 0 saturated carbocycles. The van der Waals surface area contributed by atoms with Gasteiger partial charge < -0.3 is 19.8 Å². The van der Waals surface area contributed by atoms with E-state index in [0.717, 1.165) is 60.4 Å². The summed E-state index contributed by atoms with van der Waals surface area (Å²) in [5.74, 6) is 0.129. The zero-order chi connectivity index (χ0) is 26.2. The smallest absolute Gasteiger partial charge is 0.236 e. The van der Waals surface area contributed by atoms with Gasteiger partial charge in [0.05, 0.1) is 24.4 Å². The van der Waals surface area contributed by atoms with Crippen LogP contribution in [0.3, 0.4) is 0 Å². The first-order valence-corrected chi connectivity index (χ1v) is 14.7. The van der Waals surface area contributed by atoms with Crippen LogP contribution in [0.1, 0.15) is 30.0 Å². The number of anilines is 2. The molecule has 3 aliphatic rings. The van der Waals surface area contributed by atoms with Crippen molar-refractivity contribution in [1.29, 1.82) is 0 Å². The van der Waals surface area contributed by atoms with Crippen LogP contribution in [0.5, 0.6) is 0 Å². The van der Waals surface area contributed by atoms with Gasteiger partial charge in [0.15, 0.2) is 5.13 Å². The molecular weight excluding hydrogens is 518 g/mol. The average molecular weight is 552 g/mol. The lowest BCUT2D eigenvalue weighted by molar-refractivity contribution is -0.142. The van der Waals surface area contributed by atoms with Gasteiger partial charge in [0.1, 0.15) is 0 Å². The summed E-state index contributed by atoms with van der Waals surface area (Å²) in [5.41, 5.74) is 6.18. The fourth-order valence-electron chi connectivity index (χ4n) is 5.79. The maximum Gasteiger partial charge on any atom is 0.236 e. The van der Waals surface area contributed by atoms with Gasteiger partial charge in [-0.2, -0.15) is 0 Å². The van der Waals surface area contributed by atoms with Crippen molar-refractivity contribution in [2.45, 2.75) is 31.4 Å². The highest BCUT2D eigenvalue weighted by atomic mass is 35.5. The Hall–Kier alpha value is -2.65. The number of aromatic nitrogens is 1. The van der Waals surface area contributed by atoms with Crippen molar-refractivity contribution < 1.29 is 9.90 Å². The number of carbonyl (C=O) groups is 1. The molecule has 1 amide bonds. The topological polar surface area (TPSA) is 63.2 Å². The third-order valence-electron chi connectivity index (χ3n) is 8.12. The Morgan fingerprint density at radius 2 is 1.89 bits per heavy atom. The van der Waals surface area contributed by atoms with Crippen molar-refractivity contribution in [2.75, 3.05) is 62.7 Å². The van der Waals surface area contributed by atoms with Gasteiger partial charge in [-0.05, 0) is 54.7 Å². The third kappa shape index (κ3) is 5.27. The molecule has 0 radical (unpaired) electrons. The van der Waals surface area contributed by atoms with Gasteiger partial charge >= 0.3 is 0 Å². The molecule has 2 aliphatic heterocycles. The highest BCUT2D eigenvalue weighted by Crippen LogP contribution is 2.40. The minimum Gasteiger partial charge on any atom is -0.389 e. The first-order valence-electron chi connectivity index (χ1n) is 13.4. The number of aliphatic hydroxyl groups is 1. The van der Waals surface area contributed by atoms with E-state index in [9.17, 15) is 9.90 Å². The van der Waals surface area contributed by atoms with Gasteiger partial charge in [-0.25, -0.2) is 4.98 Å². The van der Waals surface area contributed by atoms with Crippen molar-refractivity contribution in [3.05, 3.63) is 64.0 Å². The van der Waals surface area contributed by atoms with Crippen molar-refractivity contribution in [2.24, 2.45) is 0 Å². The van der Waals surface area contributed by atoms with Crippen LogP contribution in [0.25, 0.3) is 11.3 Å². The second-order valence-electron chi connectivity index (χ2n) is 10.6. The predicted molar refractivity (Wildman–Crippen MR) is 154 cm³/mol. The van der Waals surface area contributed by atoms with Crippen LogP contribution in [0.4, 0.5) is 10.8 Å². The van der Waals surface area contributed by atoms with Gasteiger partial charge in [0.2, 0.25) is 5.91 Å². The molecule has 6 rings (SSSR count). The molecule has 3 aromatic rings. The van der Waals surface area contributed by atoms with Gasteiger partial charge in [-0.1, -0.05) is 29.8 Å². The van der Waals surface area contributed by atoms with Crippen molar-refractivity contribution >= 4 is 39.7 Å². The number of piperazine rings is 1. The number of hydrogen-bond acceptors (Lipinski definition) is 7. The van der Waals surface area contributed by atoms with Crippen LogP contribution in [0, 0.1) is 0 Å². The van der Waals surface area contributed by atoms with Crippen LogP contribution in [-0.2, 0) is 11.2 Å². The number of thiazole rings is 1. The van der Waals surface area contributed by atoms with E-state index in [1.807, 2.05) is 24.3 Å². The van der Waals surface area contributed by atoms with E-state index in [1.54, 1.807) is 16.2 Å². The number of rotatable bonds is 6. The Morgan fingerprint density at radius 3 is 2.63 bits per heavy atom. The molecule has 2 fully saturated rings. The zero-order valence-corrected chi connectivity index (χ0v) is 23.3. The van der Waals surface area contributed by atoms with Gasteiger partial charge in [-0.15, -0.1) is 11.3 Å². The number of aryl methyl sites for hydroxylation is 1. The first kappa shape index (κ1) is 25.6. The number of nitrogens with zero attached hydrogens (tertiary/aromatic N) is 5. The molecule has 1 atom stereocenters. The number of likely N-dealkylation sites (tertiary alicyclic amines) is 1. The molecule has 1 N–H and O–H groups in total. The molecule has 7 nitrogen and oxygen atoms in total. The molecule has 38 heavy (non-hydrogen) atoms. The Morgan fingerprint density at radius 1 is 1.13 bits per heavy atom. The quantitative estimate of drug-likeness (QED) is 0.493. The number of fused-ring (bicyclic) bond motifs is 1. The number of hydrogen-bond donors (Lipinski definition) is 1. The summed E-state index contributed by atoms with van der Waals surface area (Å²) in [5, 5.41) is 13.4. The lowest BCUT2D eigenvalue weighted by Gasteiger charge is -2.40. The predicted octanol–water partition coefficient (Wildman–Crippen LogP) is 4.30. The SMILES string of the molecule is CN(c1nc(-c2ccc(Cl)cc2)cs1)C1CCCc2ccc(N3CCN(CC(=O)N4CC(O)C4)CC3)cc21. The molecule has 1 aliphatic carbocycles. The van der Waals surface area contributed by atoms with Crippen molar-refractivity contribution in [1.82, 2.24) is 14.8 Å². The molecule has 0 spiro atoms. The highest BCUT2D eigenvalue weighted by molar-refractivity contribution is 7.14. The molecule has 3 heterocycles. The second-order valence-corrected chi connectivity index (χ2v) is 11.9. The summed E-state index contributed by atoms with van der Waals surface area (Å²) in [6.07, 6.45) is 3.07. The third-order valence-corrected chi connectivity index (χ3v) is 9.31. The van der Waals surface area contributed by atoms with Gasteiger partial charge in [0, 0.05) is 68.0 Å². The normalized spacial score (nSPS) is 20.2. The molecule has 2 saturated heterocycles. The zero-order valence-electron chi connectivity index (χ0n) is 21.7. The summed E-state index contributed by atoms with van der Waals surface area (Å²) in [6.45, 7) is 4.96. The van der Waals surface area contributed by atoms with Gasteiger partial charge in [-0.3, -0.25) is 9.69 Å². The Labute approximate surface area is 233 Å². The first-order chi connectivity index (χ1) is 18.4.